The first kappa shape index (κ1) is 10.8. The van der Waals surface area contributed by atoms with Gasteiger partial charge in [0.25, 0.3) is 5.91 Å². The normalized spacial score (nSPS) is 12.1. The number of carbonyl (C=O) groups is 1. The number of hydrogen-bond donors (Lipinski definition) is 1. The smallest absolute Gasteiger partial charge is 0.270 e. The predicted molar refractivity (Wildman–Crippen MR) is 64.4 cm³/mol. The number of nitrogens with one attached hydrogen (secondary N) is 1. The Balaban J connectivity index is 2.03. The number of thiophene rings is 1. The van der Waals surface area contributed by atoms with E-state index in [1.165, 1.54) is 0 Å². The molecule has 0 bridgehead atoms. The summed E-state index contributed by atoms with van der Waals surface area (Å²) in [6, 6.07) is 9.31. The molecular formula is C12H12N2OS. The van der Waals surface area contributed by atoms with Crippen molar-refractivity contribution in [3.05, 3.63) is 52.5 Å². The molecule has 16 heavy (non-hydrogen) atoms. The van der Waals surface area contributed by atoms with E-state index in [0.717, 1.165) is 4.88 Å². The molecule has 2 aromatic rings. The molecule has 2 rings (SSSR count). The molecule has 0 saturated heterocycles. The van der Waals surface area contributed by atoms with Crippen molar-refractivity contribution in [1.82, 2.24) is 10.3 Å². The SMILES string of the molecule is C[C@@H](NC(=O)c1ccccn1)c1cccs1. The van der Waals surface area contributed by atoms with Crippen LogP contribution >= 0.6 is 11.3 Å². The minimum absolute atomic E-state index is 0.0227. The fraction of sp³-hybridized carbons (Fsp3) is 0.167. The lowest BCUT2D eigenvalue weighted by Crippen LogP contribution is -2.26. The lowest BCUT2D eigenvalue weighted by Gasteiger charge is -2.11. The van der Waals surface area contributed by atoms with Gasteiger partial charge in [0.15, 0.2) is 0 Å². The summed E-state index contributed by atoms with van der Waals surface area (Å²) < 4.78 is 0. The molecule has 1 atom stereocenters. The van der Waals surface area contributed by atoms with Crippen LogP contribution in [0.4, 0.5) is 0 Å². The van der Waals surface area contributed by atoms with Gasteiger partial charge in [-0.2, -0.15) is 0 Å². The van der Waals surface area contributed by atoms with Gasteiger partial charge in [-0.25, -0.2) is 0 Å². The van der Waals surface area contributed by atoms with Gasteiger partial charge < -0.3 is 5.32 Å². The first-order chi connectivity index (χ1) is 7.77. The number of aromatic nitrogens is 1. The number of hydrogen-bond acceptors (Lipinski definition) is 3. The number of rotatable bonds is 3. The fourth-order valence-corrected chi connectivity index (χ4v) is 2.11. The Bertz CT molecular complexity index is 453. The quantitative estimate of drug-likeness (QED) is 0.884. The van der Waals surface area contributed by atoms with Crippen LogP contribution in [-0.2, 0) is 0 Å². The van der Waals surface area contributed by atoms with Crippen molar-refractivity contribution in [2.45, 2.75) is 13.0 Å². The van der Waals surface area contributed by atoms with Crippen LogP contribution in [0.5, 0.6) is 0 Å². The van der Waals surface area contributed by atoms with Crippen LogP contribution in [0, 0.1) is 0 Å². The number of amides is 1. The van der Waals surface area contributed by atoms with Crippen molar-refractivity contribution in [3.63, 3.8) is 0 Å². The first-order valence-corrected chi connectivity index (χ1v) is 5.90. The van der Waals surface area contributed by atoms with Gasteiger partial charge in [0.05, 0.1) is 6.04 Å². The van der Waals surface area contributed by atoms with Crippen LogP contribution in [0.3, 0.4) is 0 Å². The van der Waals surface area contributed by atoms with E-state index in [1.807, 2.05) is 24.4 Å². The van der Waals surface area contributed by atoms with E-state index in [0.29, 0.717) is 5.69 Å². The van der Waals surface area contributed by atoms with Gasteiger partial charge in [-0.1, -0.05) is 12.1 Å². The van der Waals surface area contributed by atoms with Gasteiger partial charge >= 0.3 is 0 Å². The third kappa shape index (κ3) is 2.46. The second kappa shape index (κ2) is 4.90. The Hall–Kier alpha value is -1.68. The maximum atomic E-state index is 11.8. The molecule has 0 radical (unpaired) electrons. The fourth-order valence-electron chi connectivity index (χ4n) is 1.38. The molecule has 2 heterocycles. The highest BCUT2D eigenvalue weighted by atomic mass is 32.1. The van der Waals surface area contributed by atoms with Gasteiger partial charge in [-0.3, -0.25) is 9.78 Å². The molecule has 0 aromatic carbocycles. The van der Waals surface area contributed by atoms with Crippen molar-refractivity contribution in [1.29, 1.82) is 0 Å². The van der Waals surface area contributed by atoms with Crippen molar-refractivity contribution in [2.24, 2.45) is 0 Å². The average molecular weight is 232 g/mol. The van der Waals surface area contributed by atoms with Gasteiger partial charge in [0.2, 0.25) is 0 Å². The highest BCUT2D eigenvalue weighted by Gasteiger charge is 2.12. The lowest BCUT2D eigenvalue weighted by atomic mass is 10.2. The molecule has 0 aliphatic heterocycles. The van der Waals surface area contributed by atoms with E-state index in [-0.39, 0.29) is 11.9 Å². The summed E-state index contributed by atoms with van der Waals surface area (Å²) in [5, 5.41) is 4.91. The lowest BCUT2D eigenvalue weighted by molar-refractivity contribution is 0.0935. The molecule has 4 heteroatoms. The molecule has 3 nitrogen and oxygen atoms in total. The summed E-state index contributed by atoms with van der Waals surface area (Å²) in [4.78, 5) is 16.9. The Morgan fingerprint density at radius 1 is 1.38 bits per heavy atom. The van der Waals surface area contributed by atoms with Crippen molar-refractivity contribution >= 4 is 17.2 Å². The Kier molecular flexibility index (Phi) is 3.31. The molecule has 2 aromatic heterocycles. The molecule has 0 unspecified atom stereocenters. The molecule has 0 aliphatic carbocycles. The number of carbonyl (C=O) groups excluding carboxylic acids is 1. The van der Waals surface area contributed by atoms with E-state index in [4.69, 9.17) is 0 Å². The van der Waals surface area contributed by atoms with Crippen molar-refractivity contribution in [3.8, 4) is 0 Å². The Labute approximate surface area is 98.2 Å². The van der Waals surface area contributed by atoms with Gasteiger partial charge in [0.1, 0.15) is 5.69 Å². The Morgan fingerprint density at radius 3 is 2.88 bits per heavy atom. The van der Waals surface area contributed by atoms with E-state index in [1.54, 1.807) is 35.7 Å². The molecule has 0 saturated carbocycles. The predicted octanol–water partition coefficient (Wildman–Crippen LogP) is 2.63. The highest BCUT2D eigenvalue weighted by Crippen LogP contribution is 2.18. The minimum atomic E-state index is -0.137. The van der Waals surface area contributed by atoms with Crippen LogP contribution in [0.2, 0.25) is 0 Å². The molecular weight excluding hydrogens is 220 g/mol. The van der Waals surface area contributed by atoms with E-state index in [9.17, 15) is 4.79 Å². The van der Waals surface area contributed by atoms with Crippen LogP contribution in [0.1, 0.15) is 28.3 Å². The van der Waals surface area contributed by atoms with E-state index in [2.05, 4.69) is 10.3 Å². The number of pyridine rings is 1. The molecule has 1 N–H and O–H groups in total. The van der Waals surface area contributed by atoms with Crippen molar-refractivity contribution < 1.29 is 4.79 Å². The third-order valence-corrected chi connectivity index (χ3v) is 3.27. The summed E-state index contributed by atoms with van der Waals surface area (Å²) in [7, 11) is 0. The summed E-state index contributed by atoms with van der Waals surface area (Å²) in [6.07, 6.45) is 1.62. The zero-order chi connectivity index (χ0) is 11.4. The maximum absolute atomic E-state index is 11.8. The van der Waals surface area contributed by atoms with Crippen molar-refractivity contribution in [2.75, 3.05) is 0 Å². The Morgan fingerprint density at radius 2 is 2.25 bits per heavy atom. The second-order valence-electron chi connectivity index (χ2n) is 3.43. The molecule has 82 valence electrons. The van der Waals surface area contributed by atoms with Crippen LogP contribution in [0.25, 0.3) is 0 Å². The molecule has 1 amide bonds. The highest BCUT2D eigenvalue weighted by molar-refractivity contribution is 7.10. The van der Waals surface area contributed by atoms with Crippen LogP contribution in [-0.4, -0.2) is 10.9 Å². The largest absolute Gasteiger partial charge is 0.343 e. The zero-order valence-electron chi connectivity index (χ0n) is 8.88. The first-order valence-electron chi connectivity index (χ1n) is 5.02. The van der Waals surface area contributed by atoms with Gasteiger partial charge in [0, 0.05) is 11.1 Å². The molecule has 0 aliphatic rings. The van der Waals surface area contributed by atoms with Crippen LogP contribution in [0.15, 0.2) is 41.9 Å². The zero-order valence-corrected chi connectivity index (χ0v) is 9.70. The standard InChI is InChI=1S/C12H12N2OS/c1-9(11-6-4-8-16-11)14-12(15)10-5-2-3-7-13-10/h2-9H,1H3,(H,14,15)/t9-/m1/s1. The average Bonchev–Trinajstić information content (AvgIpc) is 2.83. The topological polar surface area (TPSA) is 42.0 Å². The monoisotopic (exact) mass is 232 g/mol. The van der Waals surface area contributed by atoms with Crippen LogP contribution < -0.4 is 5.32 Å². The maximum Gasteiger partial charge on any atom is 0.270 e. The van der Waals surface area contributed by atoms with E-state index < -0.39 is 0 Å². The summed E-state index contributed by atoms with van der Waals surface area (Å²) in [5.74, 6) is -0.137. The minimum Gasteiger partial charge on any atom is -0.343 e. The third-order valence-electron chi connectivity index (χ3n) is 2.22. The second-order valence-corrected chi connectivity index (χ2v) is 4.40. The summed E-state index contributed by atoms with van der Waals surface area (Å²) >= 11 is 1.63. The summed E-state index contributed by atoms with van der Waals surface area (Å²) in [5.41, 5.74) is 0.450. The summed E-state index contributed by atoms with van der Waals surface area (Å²) in [6.45, 7) is 1.96. The van der Waals surface area contributed by atoms with E-state index >= 15 is 0 Å². The molecule has 0 fully saturated rings. The number of nitrogens with zero attached hydrogens (tertiary/aromatic N) is 1. The van der Waals surface area contributed by atoms with Gasteiger partial charge in [-0.15, -0.1) is 11.3 Å². The van der Waals surface area contributed by atoms with Gasteiger partial charge in [-0.05, 0) is 30.5 Å². The molecule has 0 spiro atoms.